The Morgan fingerprint density at radius 1 is 1.38 bits per heavy atom. The fraction of sp³-hybridized carbons (Fsp3) is 0. The van der Waals surface area contributed by atoms with E-state index in [1.165, 1.54) is 6.07 Å². The lowest BCUT2D eigenvalue weighted by Crippen LogP contribution is -1.91. The standard InChI is InChI=1S/C12H5NO3/c13-5-1-2-8-3-4-10-9(6-8)7-11(16-10)12(14)15/h3-4,6-7H,(H,14,15). The van der Waals surface area contributed by atoms with Crippen LogP contribution in [0.3, 0.4) is 0 Å². The molecular formula is C12H5NO3. The summed E-state index contributed by atoms with van der Waals surface area (Å²) in [5.74, 6) is 3.67. The number of benzene rings is 1. The van der Waals surface area contributed by atoms with Gasteiger partial charge in [-0.1, -0.05) is 5.92 Å². The highest BCUT2D eigenvalue weighted by molar-refractivity contribution is 5.91. The van der Waals surface area contributed by atoms with E-state index < -0.39 is 5.97 Å². The van der Waals surface area contributed by atoms with Gasteiger partial charge in [0, 0.05) is 16.9 Å². The second-order valence-electron chi connectivity index (χ2n) is 3.03. The first-order chi connectivity index (χ1) is 7.70. The van der Waals surface area contributed by atoms with Crippen molar-refractivity contribution in [1.29, 1.82) is 5.26 Å². The predicted octanol–water partition coefficient (Wildman–Crippen LogP) is 2.01. The monoisotopic (exact) mass is 211 g/mol. The zero-order valence-electron chi connectivity index (χ0n) is 8.02. The van der Waals surface area contributed by atoms with Gasteiger partial charge in [-0.3, -0.25) is 0 Å². The predicted molar refractivity (Wildman–Crippen MR) is 55.7 cm³/mol. The number of nitriles is 1. The minimum Gasteiger partial charge on any atom is -0.475 e. The molecule has 1 heterocycles. The van der Waals surface area contributed by atoms with Crippen LogP contribution in [0.2, 0.25) is 0 Å². The van der Waals surface area contributed by atoms with Gasteiger partial charge in [-0.2, -0.15) is 5.26 Å². The number of rotatable bonds is 1. The Kier molecular flexibility index (Phi) is 2.33. The van der Waals surface area contributed by atoms with Crippen LogP contribution in [0.1, 0.15) is 16.1 Å². The number of hydrogen-bond donors (Lipinski definition) is 1. The van der Waals surface area contributed by atoms with Gasteiger partial charge in [-0.05, 0) is 24.3 Å². The molecule has 0 atom stereocenters. The van der Waals surface area contributed by atoms with Crippen molar-refractivity contribution in [3.05, 3.63) is 35.6 Å². The molecule has 2 rings (SSSR count). The van der Waals surface area contributed by atoms with Gasteiger partial charge >= 0.3 is 5.97 Å². The van der Waals surface area contributed by atoms with Crippen LogP contribution in [0.4, 0.5) is 0 Å². The maximum atomic E-state index is 10.7. The molecule has 4 heteroatoms. The van der Waals surface area contributed by atoms with Gasteiger partial charge in [-0.25, -0.2) is 4.79 Å². The Morgan fingerprint density at radius 2 is 2.19 bits per heavy atom. The summed E-state index contributed by atoms with van der Waals surface area (Å²) in [5, 5.41) is 17.7. The van der Waals surface area contributed by atoms with E-state index in [4.69, 9.17) is 14.8 Å². The molecule has 0 amide bonds. The van der Waals surface area contributed by atoms with Crippen LogP contribution in [0.25, 0.3) is 11.0 Å². The third-order valence-corrected chi connectivity index (χ3v) is 1.99. The fourth-order valence-electron chi connectivity index (χ4n) is 1.33. The second kappa shape index (κ2) is 3.80. The third-order valence-electron chi connectivity index (χ3n) is 1.99. The van der Waals surface area contributed by atoms with Crippen LogP contribution in [-0.4, -0.2) is 11.1 Å². The third kappa shape index (κ3) is 1.73. The van der Waals surface area contributed by atoms with Crippen LogP contribution in [0.5, 0.6) is 0 Å². The number of furan rings is 1. The van der Waals surface area contributed by atoms with E-state index in [1.54, 1.807) is 24.3 Å². The van der Waals surface area contributed by atoms with Gasteiger partial charge in [0.25, 0.3) is 0 Å². The lowest BCUT2D eigenvalue weighted by molar-refractivity contribution is 0.0665. The molecule has 0 unspecified atom stereocenters. The summed E-state index contributed by atoms with van der Waals surface area (Å²) in [5.41, 5.74) is 1.13. The van der Waals surface area contributed by atoms with Crippen LogP contribution in [0, 0.1) is 23.2 Å². The fourth-order valence-corrected chi connectivity index (χ4v) is 1.33. The van der Waals surface area contributed by atoms with E-state index in [-0.39, 0.29) is 5.76 Å². The number of nitrogens with zero attached hydrogens (tertiary/aromatic N) is 1. The first kappa shape index (κ1) is 9.82. The molecule has 76 valence electrons. The van der Waals surface area contributed by atoms with E-state index >= 15 is 0 Å². The Labute approximate surface area is 90.7 Å². The summed E-state index contributed by atoms with van der Waals surface area (Å²) >= 11 is 0. The quantitative estimate of drug-likeness (QED) is 0.732. The first-order valence-corrected chi connectivity index (χ1v) is 4.37. The zero-order chi connectivity index (χ0) is 11.5. The molecule has 0 saturated carbocycles. The highest BCUT2D eigenvalue weighted by Gasteiger charge is 2.09. The van der Waals surface area contributed by atoms with Gasteiger partial charge < -0.3 is 9.52 Å². The molecule has 0 saturated heterocycles. The average molecular weight is 211 g/mol. The molecule has 0 radical (unpaired) electrons. The average Bonchev–Trinajstić information content (AvgIpc) is 2.69. The lowest BCUT2D eigenvalue weighted by Gasteiger charge is -1.89. The summed E-state index contributed by atoms with van der Waals surface area (Å²) < 4.78 is 5.08. The molecule has 0 aliphatic rings. The summed E-state index contributed by atoms with van der Waals surface area (Å²) in [6.45, 7) is 0. The number of carboxylic acid groups (broad SMARTS) is 1. The topological polar surface area (TPSA) is 74.2 Å². The number of hydrogen-bond acceptors (Lipinski definition) is 3. The molecule has 16 heavy (non-hydrogen) atoms. The number of aromatic carboxylic acids is 1. The molecule has 1 aromatic carbocycles. The summed E-state index contributed by atoms with van der Waals surface area (Å²) in [6.07, 6.45) is 0. The van der Waals surface area contributed by atoms with Crippen molar-refractivity contribution in [3.63, 3.8) is 0 Å². The minimum absolute atomic E-state index is 0.111. The molecule has 1 aromatic heterocycles. The van der Waals surface area contributed by atoms with Crippen LogP contribution in [0.15, 0.2) is 28.7 Å². The molecule has 4 nitrogen and oxygen atoms in total. The maximum absolute atomic E-state index is 10.7. The molecule has 0 bridgehead atoms. The molecule has 0 fully saturated rings. The Bertz CT molecular complexity index is 665. The lowest BCUT2D eigenvalue weighted by atomic mass is 10.1. The molecule has 0 aliphatic carbocycles. The number of carbonyl (C=O) groups is 1. The summed E-state index contributed by atoms with van der Waals surface area (Å²) in [4.78, 5) is 10.7. The van der Waals surface area contributed by atoms with Crippen molar-refractivity contribution in [2.24, 2.45) is 0 Å². The first-order valence-electron chi connectivity index (χ1n) is 4.37. The van der Waals surface area contributed by atoms with Crippen molar-refractivity contribution in [2.45, 2.75) is 0 Å². The smallest absolute Gasteiger partial charge is 0.371 e. The van der Waals surface area contributed by atoms with Gasteiger partial charge in [0.15, 0.2) is 6.07 Å². The largest absolute Gasteiger partial charge is 0.475 e. The second-order valence-corrected chi connectivity index (χ2v) is 3.03. The molecule has 0 spiro atoms. The molecule has 0 aliphatic heterocycles. The van der Waals surface area contributed by atoms with Gasteiger partial charge in [0.05, 0.1) is 0 Å². The van der Waals surface area contributed by atoms with Crippen LogP contribution < -0.4 is 0 Å². The SMILES string of the molecule is N#CC#Cc1ccc2oc(C(=O)O)cc2c1. The van der Waals surface area contributed by atoms with Crippen molar-refractivity contribution in [2.75, 3.05) is 0 Å². The van der Waals surface area contributed by atoms with Crippen molar-refractivity contribution in [3.8, 4) is 17.9 Å². The Morgan fingerprint density at radius 3 is 2.88 bits per heavy atom. The summed E-state index contributed by atoms with van der Waals surface area (Å²) in [6, 6.07) is 8.11. The molecule has 2 aromatic rings. The van der Waals surface area contributed by atoms with Gasteiger partial charge in [-0.15, -0.1) is 0 Å². The molecular weight excluding hydrogens is 206 g/mol. The zero-order valence-corrected chi connectivity index (χ0v) is 8.02. The highest BCUT2D eigenvalue weighted by atomic mass is 16.4. The van der Waals surface area contributed by atoms with E-state index in [9.17, 15) is 4.79 Å². The highest BCUT2D eigenvalue weighted by Crippen LogP contribution is 2.20. The van der Waals surface area contributed by atoms with Gasteiger partial charge in [0.1, 0.15) is 5.58 Å². The van der Waals surface area contributed by atoms with Crippen molar-refractivity contribution >= 4 is 16.9 Å². The van der Waals surface area contributed by atoms with Crippen molar-refractivity contribution in [1.82, 2.24) is 0 Å². The normalized spacial score (nSPS) is 9.19. The number of fused-ring (bicyclic) bond motifs is 1. The minimum atomic E-state index is -1.11. The van der Waals surface area contributed by atoms with E-state index in [0.717, 1.165) is 0 Å². The van der Waals surface area contributed by atoms with Crippen molar-refractivity contribution < 1.29 is 14.3 Å². The van der Waals surface area contributed by atoms with E-state index in [1.807, 2.05) is 0 Å². The number of carboxylic acids is 1. The summed E-state index contributed by atoms with van der Waals surface area (Å²) in [7, 11) is 0. The molecule has 1 N–H and O–H groups in total. The Hall–Kier alpha value is -2.72. The van der Waals surface area contributed by atoms with E-state index in [2.05, 4.69) is 11.8 Å². The van der Waals surface area contributed by atoms with E-state index in [0.29, 0.717) is 16.5 Å². The van der Waals surface area contributed by atoms with Crippen LogP contribution in [-0.2, 0) is 0 Å². The van der Waals surface area contributed by atoms with Crippen LogP contribution >= 0.6 is 0 Å². The maximum Gasteiger partial charge on any atom is 0.371 e. The Balaban J connectivity index is 2.54. The van der Waals surface area contributed by atoms with Gasteiger partial charge in [0.2, 0.25) is 5.76 Å².